The van der Waals surface area contributed by atoms with Gasteiger partial charge in [-0.3, -0.25) is 4.68 Å². The summed E-state index contributed by atoms with van der Waals surface area (Å²) in [6.07, 6.45) is 0. The topological polar surface area (TPSA) is 43.6 Å². The first-order valence-electron chi connectivity index (χ1n) is 5.17. The van der Waals surface area contributed by atoms with E-state index in [2.05, 4.69) is 15.1 Å². The molecule has 2 heterocycles. The fourth-order valence-corrected chi connectivity index (χ4v) is 2.01. The summed E-state index contributed by atoms with van der Waals surface area (Å²) in [6, 6.07) is 1.72. The van der Waals surface area contributed by atoms with Crippen molar-refractivity contribution in [1.82, 2.24) is 19.7 Å². The summed E-state index contributed by atoms with van der Waals surface area (Å²) in [5.41, 5.74) is 2.56. The van der Waals surface area contributed by atoms with Crippen molar-refractivity contribution in [2.24, 2.45) is 0 Å². The van der Waals surface area contributed by atoms with Crippen molar-refractivity contribution >= 4 is 23.2 Å². The lowest BCUT2D eigenvalue weighted by Crippen LogP contribution is -2.08. The number of aryl methyl sites for hydroxylation is 2. The van der Waals surface area contributed by atoms with Crippen LogP contribution in [0.1, 0.15) is 22.9 Å². The first-order chi connectivity index (χ1) is 7.97. The molecule has 17 heavy (non-hydrogen) atoms. The van der Waals surface area contributed by atoms with Crippen LogP contribution >= 0.6 is 23.2 Å². The first-order valence-corrected chi connectivity index (χ1v) is 5.92. The predicted octanol–water partition coefficient (Wildman–Crippen LogP) is 2.95. The molecule has 6 heteroatoms. The van der Waals surface area contributed by atoms with Gasteiger partial charge in [-0.1, -0.05) is 23.2 Å². The van der Waals surface area contributed by atoms with Gasteiger partial charge >= 0.3 is 0 Å². The highest BCUT2D eigenvalue weighted by Gasteiger charge is 2.10. The third-order valence-electron chi connectivity index (χ3n) is 2.45. The highest BCUT2D eigenvalue weighted by atomic mass is 35.5. The molecule has 0 fully saturated rings. The summed E-state index contributed by atoms with van der Waals surface area (Å²) in [5, 5.41) is 5.45. The summed E-state index contributed by atoms with van der Waals surface area (Å²) in [4.78, 5) is 8.47. The molecular weight excluding hydrogens is 259 g/mol. The largest absolute Gasteiger partial charge is 0.260 e. The third kappa shape index (κ3) is 2.58. The summed E-state index contributed by atoms with van der Waals surface area (Å²) in [7, 11) is 0. The molecule has 0 N–H and O–H groups in total. The maximum atomic E-state index is 6.08. The molecule has 2 aromatic rings. The molecule has 0 saturated heterocycles. The molecule has 0 aromatic carbocycles. The van der Waals surface area contributed by atoms with Crippen LogP contribution in [-0.4, -0.2) is 19.7 Å². The number of hydrogen-bond donors (Lipinski definition) is 0. The van der Waals surface area contributed by atoms with E-state index in [1.807, 2.05) is 20.8 Å². The van der Waals surface area contributed by atoms with Crippen molar-refractivity contribution in [2.75, 3.05) is 0 Å². The molecule has 0 radical (unpaired) electrons. The van der Waals surface area contributed by atoms with Gasteiger partial charge < -0.3 is 0 Å². The average molecular weight is 271 g/mol. The molecule has 0 aliphatic carbocycles. The van der Waals surface area contributed by atoms with Gasteiger partial charge in [-0.25, -0.2) is 9.97 Å². The van der Waals surface area contributed by atoms with E-state index in [0.717, 1.165) is 17.1 Å². The van der Waals surface area contributed by atoms with Crippen molar-refractivity contribution in [3.63, 3.8) is 0 Å². The Kier molecular flexibility index (Phi) is 3.35. The minimum atomic E-state index is 0.445. The van der Waals surface area contributed by atoms with Crippen LogP contribution in [0, 0.1) is 20.8 Å². The fourth-order valence-electron chi connectivity index (χ4n) is 1.62. The molecule has 2 aromatic heterocycles. The molecule has 0 saturated carbocycles. The van der Waals surface area contributed by atoms with E-state index < -0.39 is 0 Å². The van der Waals surface area contributed by atoms with Crippen molar-refractivity contribution in [1.29, 1.82) is 0 Å². The molecule has 0 unspecified atom stereocenters. The molecule has 0 amide bonds. The Morgan fingerprint density at radius 1 is 1.18 bits per heavy atom. The van der Waals surface area contributed by atoms with Crippen LogP contribution in [0.3, 0.4) is 0 Å². The number of nitrogens with zero attached hydrogens (tertiary/aromatic N) is 4. The normalized spacial score (nSPS) is 10.9. The van der Waals surface area contributed by atoms with Crippen LogP contribution in [0.2, 0.25) is 10.2 Å². The summed E-state index contributed by atoms with van der Waals surface area (Å²) >= 11 is 12.0. The Morgan fingerprint density at radius 2 is 1.88 bits per heavy atom. The quantitative estimate of drug-likeness (QED) is 0.789. The van der Waals surface area contributed by atoms with E-state index in [1.54, 1.807) is 10.7 Å². The number of hydrogen-bond acceptors (Lipinski definition) is 3. The lowest BCUT2D eigenvalue weighted by Gasteiger charge is -2.04. The molecule has 0 aliphatic rings. The SMILES string of the molecule is Cc1cc(Cl)nc(Cn2nc(C)c(Cl)c2C)n1. The number of rotatable bonds is 2. The van der Waals surface area contributed by atoms with E-state index in [1.165, 1.54) is 0 Å². The van der Waals surface area contributed by atoms with Gasteiger partial charge in [0.1, 0.15) is 11.7 Å². The standard InChI is InChI=1S/C11H12Cl2N4/c1-6-4-9(12)15-10(14-6)5-17-8(3)11(13)7(2)16-17/h4H,5H2,1-3H3. The summed E-state index contributed by atoms with van der Waals surface area (Å²) in [5.74, 6) is 0.636. The highest BCUT2D eigenvalue weighted by Crippen LogP contribution is 2.19. The summed E-state index contributed by atoms with van der Waals surface area (Å²) in [6.45, 7) is 6.14. The average Bonchev–Trinajstić information content (AvgIpc) is 2.45. The van der Waals surface area contributed by atoms with Gasteiger partial charge in [0, 0.05) is 5.69 Å². The molecule has 0 atom stereocenters. The predicted molar refractivity (Wildman–Crippen MR) is 67.6 cm³/mol. The Balaban J connectivity index is 2.34. The molecule has 90 valence electrons. The van der Waals surface area contributed by atoms with E-state index in [9.17, 15) is 0 Å². The van der Waals surface area contributed by atoms with Crippen molar-refractivity contribution in [2.45, 2.75) is 27.3 Å². The Morgan fingerprint density at radius 3 is 2.41 bits per heavy atom. The third-order valence-corrected chi connectivity index (χ3v) is 3.19. The Labute approximate surface area is 110 Å². The minimum absolute atomic E-state index is 0.445. The lowest BCUT2D eigenvalue weighted by atomic mass is 10.4. The smallest absolute Gasteiger partial charge is 0.151 e. The van der Waals surface area contributed by atoms with E-state index >= 15 is 0 Å². The van der Waals surface area contributed by atoms with E-state index in [0.29, 0.717) is 22.5 Å². The number of aromatic nitrogens is 4. The zero-order chi connectivity index (χ0) is 12.6. The van der Waals surface area contributed by atoms with Gasteiger partial charge in [0.2, 0.25) is 0 Å². The molecule has 2 rings (SSSR count). The summed E-state index contributed by atoms with van der Waals surface area (Å²) < 4.78 is 1.78. The van der Waals surface area contributed by atoms with Crippen molar-refractivity contribution in [3.8, 4) is 0 Å². The Bertz CT molecular complexity index is 543. The molecular formula is C11H12Cl2N4. The zero-order valence-corrected chi connectivity index (χ0v) is 11.3. The molecule has 0 aliphatic heterocycles. The zero-order valence-electron chi connectivity index (χ0n) is 9.83. The van der Waals surface area contributed by atoms with Crippen LogP contribution in [-0.2, 0) is 6.54 Å². The van der Waals surface area contributed by atoms with Gasteiger partial charge in [-0.15, -0.1) is 0 Å². The molecule has 4 nitrogen and oxygen atoms in total. The fraction of sp³-hybridized carbons (Fsp3) is 0.364. The van der Waals surface area contributed by atoms with Crippen LogP contribution in [0.15, 0.2) is 6.07 Å². The maximum Gasteiger partial charge on any atom is 0.151 e. The van der Waals surface area contributed by atoms with Crippen molar-refractivity contribution < 1.29 is 0 Å². The molecule has 0 spiro atoms. The van der Waals surface area contributed by atoms with Crippen LogP contribution in [0.25, 0.3) is 0 Å². The molecule has 0 bridgehead atoms. The maximum absolute atomic E-state index is 6.08. The second-order valence-corrected chi connectivity index (χ2v) is 4.66. The minimum Gasteiger partial charge on any atom is -0.260 e. The van der Waals surface area contributed by atoms with Gasteiger partial charge in [0.15, 0.2) is 5.82 Å². The van der Waals surface area contributed by atoms with Crippen LogP contribution < -0.4 is 0 Å². The Hall–Kier alpha value is -1.13. The van der Waals surface area contributed by atoms with Crippen LogP contribution in [0.5, 0.6) is 0 Å². The van der Waals surface area contributed by atoms with Gasteiger partial charge in [0.05, 0.1) is 16.4 Å². The monoisotopic (exact) mass is 270 g/mol. The van der Waals surface area contributed by atoms with Gasteiger partial charge in [-0.2, -0.15) is 5.10 Å². The van der Waals surface area contributed by atoms with Gasteiger partial charge in [0.25, 0.3) is 0 Å². The van der Waals surface area contributed by atoms with E-state index in [4.69, 9.17) is 23.2 Å². The lowest BCUT2D eigenvalue weighted by molar-refractivity contribution is 0.630. The van der Waals surface area contributed by atoms with Crippen LogP contribution in [0.4, 0.5) is 0 Å². The second kappa shape index (κ2) is 4.63. The number of halogens is 2. The first kappa shape index (κ1) is 12.3. The van der Waals surface area contributed by atoms with Gasteiger partial charge in [-0.05, 0) is 26.8 Å². The van der Waals surface area contributed by atoms with Crippen molar-refractivity contribution in [3.05, 3.63) is 39.1 Å². The highest BCUT2D eigenvalue weighted by molar-refractivity contribution is 6.31. The second-order valence-electron chi connectivity index (χ2n) is 3.89. The van der Waals surface area contributed by atoms with E-state index in [-0.39, 0.29) is 0 Å².